The fourth-order valence-corrected chi connectivity index (χ4v) is 1.48. The average molecular weight is 230 g/mol. The third-order valence-electron chi connectivity index (χ3n) is 2.23. The van der Waals surface area contributed by atoms with E-state index in [0.29, 0.717) is 11.4 Å². The van der Waals surface area contributed by atoms with Crippen molar-refractivity contribution in [1.82, 2.24) is 0 Å². The molecule has 0 bridgehead atoms. The van der Waals surface area contributed by atoms with Crippen LogP contribution in [-0.4, -0.2) is 10.0 Å². The van der Waals surface area contributed by atoms with E-state index in [0.717, 1.165) is 0 Å². The van der Waals surface area contributed by atoms with Gasteiger partial charge in [0.2, 0.25) is 0 Å². The molecule has 86 valence electrons. The van der Waals surface area contributed by atoms with Gasteiger partial charge in [0.05, 0.1) is 4.92 Å². The summed E-state index contributed by atoms with van der Waals surface area (Å²) in [7, 11) is 0. The number of rotatable bonds is 3. The van der Waals surface area contributed by atoms with Crippen molar-refractivity contribution in [2.75, 3.05) is 5.32 Å². The first-order valence-corrected chi connectivity index (χ1v) is 4.96. The number of benzene rings is 2. The van der Waals surface area contributed by atoms with Crippen LogP contribution in [0.15, 0.2) is 48.5 Å². The zero-order valence-corrected chi connectivity index (χ0v) is 8.83. The van der Waals surface area contributed by atoms with Crippen molar-refractivity contribution in [2.45, 2.75) is 0 Å². The van der Waals surface area contributed by atoms with E-state index in [1.54, 1.807) is 30.3 Å². The first kappa shape index (κ1) is 10.9. The van der Waals surface area contributed by atoms with Crippen LogP contribution in [0, 0.1) is 10.1 Å². The van der Waals surface area contributed by atoms with Crippen LogP contribution in [-0.2, 0) is 0 Å². The van der Waals surface area contributed by atoms with Crippen LogP contribution in [0.4, 0.5) is 17.1 Å². The predicted molar refractivity (Wildman–Crippen MR) is 64.5 cm³/mol. The van der Waals surface area contributed by atoms with Crippen LogP contribution >= 0.6 is 0 Å². The van der Waals surface area contributed by atoms with Crippen molar-refractivity contribution in [2.24, 2.45) is 0 Å². The lowest BCUT2D eigenvalue weighted by Crippen LogP contribution is -1.96. The van der Waals surface area contributed by atoms with Gasteiger partial charge in [0, 0.05) is 17.8 Å². The highest BCUT2D eigenvalue weighted by Gasteiger charge is 2.11. The lowest BCUT2D eigenvalue weighted by molar-refractivity contribution is -0.383. The molecule has 2 aromatic rings. The second kappa shape index (κ2) is 4.52. The molecular formula is C12H10N2O3. The van der Waals surface area contributed by atoms with Gasteiger partial charge in [0.25, 0.3) is 5.69 Å². The van der Waals surface area contributed by atoms with Crippen molar-refractivity contribution < 1.29 is 10.0 Å². The molecule has 2 aromatic carbocycles. The molecule has 5 heteroatoms. The van der Waals surface area contributed by atoms with Gasteiger partial charge in [-0.25, -0.2) is 0 Å². The summed E-state index contributed by atoms with van der Waals surface area (Å²) in [6.07, 6.45) is 0. The number of nitro benzene ring substituents is 1. The number of hydrogen-bond donors (Lipinski definition) is 2. The molecule has 0 radical (unpaired) electrons. The number of para-hydroxylation sites is 2. The van der Waals surface area contributed by atoms with Gasteiger partial charge in [-0.2, -0.15) is 0 Å². The Morgan fingerprint density at radius 3 is 2.59 bits per heavy atom. The topological polar surface area (TPSA) is 75.4 Å². The molecule has 0 aliphatic carbocycles. The molecule has 0 amide bonds. The predicted octanol–water partition coefficient (Wildman–Crippen LogP) is 3.04. The van der Waals surface area contributed by atoms with Gasteiger partial charge in [-0.3, -0.25) is 10.1 Å². The van der Waals surface area contributed by atoms with Gasteiger partial charge in [-0.1, -0.05) is 18.2 Å². The van der Waals surface area contributed by atoms with Crippen molar-refractivity contribution in [3.63, 3.8) is 0 Å². The molecule has 17 heavy (non-hydrogen) atoms. The summed E-state index contributed by atoms with van der Waals surface area (Å²) >= 11 is 0. The summed E-state index contributed by atoms with van der Waals surface area (Å²) in [6.45, 7) is 0. The highest BCUT2D eigenvalue weighted by molar-refractivity contribution is 5.69. The zero-order valence-electron chi connectivity index (χ0n) is 8.83. The van der Waals surface area contributed by atoms with Gasteiger partial charge in [-0.05, 0) is 18.2 Å². The Labute approximate surface area is 97.5 Å². The summed E-state index contributed by atoms with van der Waals surface area (Å²) in [5, 5.41) is 23.0. The number of nitro groups is 1. The number of nitrogens with zero attached hydrogens (tertiary/aromatic N) is 1. The molecule has 0 unspecified atom stereocenters. The Kier molecular flexibility index (Phi) is 2.91. The third kappa shape index (κ3) is 2.52. The van der Waals surface area contributed by atoms with Crippen LogP contribution in [0.3, 0.4) is 0 Å². The van der Waals surface area contributed by atoms with Crippen molar-refractivity contribution >= 4 is 17.1 Å². The molecule has 0 aliphatic rings. The van der Waals surface area contributed by atoms with Gasteiger partial charge >= 0.3 is 0 Å². The Hall–Kier alpha value is -2.56. The van der Waals surface area contributed by atoms with Crippen molar-refractivity contribution in [1.29, 1.82) is 0 Å². The lowest BCUT2D eigenvalue weighted by Gasteiger charge is -2.06. The van der Waals surface area contributed by atoms with Crippen molar-refractivity contribution in [3.8, 4) is 5.75 Å². The average Bonchev–Trinajstić information content (AvgIpc) is 2.29. The smallest absolute Gasteiger partial charge is 0.292 e. The molecule has 0 spiro atoms. The molecule has 2 rings (SSSR count). The monoisotopic (exact) mass is 230 g/mol. The summed E-state index contributed by atoms with van der Waals surface area (Å²) in [6, 6.07) is 12.8. The number of phenolic OH excluding ortho intramolecular Hbond substituents is 1. The number of hydrogen-bond acceptors (Lipinski definition) is 4. The standard InChI is InChI=1S/C12H10N2O3/c15-10-5-3-4-9(8-10)13-11-6-1-2-7-12(11)14(16)17/h1-8,13,15H. The molecular weight excluding hydrogens is 220 g/mol. The maximum atomic E-state index is 10.8. The van der Waals surface area contributed by atoms with E-state index >= 15 is 0 Å². The molecule has 0 heterocycles. The normalized spacial score (nSPS) is 9.88. The van der Waals surface area contributed by atoms with E-state index in [-0.39, 0.29) is 11.4 Å². The van der Waals surface area contributed by atoms with E-state index in [1.165, 1.54) is 18.2 Å². The van der Waals surface area contributed by atoms with E-state index < -0.39 is 4.92 Å². The maximum Gasteiger partial charge on any atom is 0.292 e. The first-order valence-electron chi connectivity index (χ1n) is 4.96. The summed E-state index contributed by atoms with van der Waals surface area (Å²) < 4.78 is 0. The van der Waals surface area contributed by atoms with E-state index in [4.69, 9.17) is 0 Å². The van der Waals surface area contributed by atoms with E-state index in [1.807, 2.05) is 0 Å². The molecule has 0 saturated heterocycles. The minimum atomic E-state index is -0.453. The van der Waals surface area contributed by atoms with Gasteiger partial charge < -0.3 is 10.4 Å². The number of phenols is 1. The number of nitrogens with one attached hydrogen (secondary N) is 1. The number of aromatic hydroxyl groups is 1. The minimum absolute atomic E-state index is 0.00385. The second-order valence-electron chi connectivity index (χ2n) is 3.45. The highest BCUT2D eigenvalue weighted by Crippen LogP contribution is 2.27. The maximum absolute atomic E-state index is 10.8. The highest BCUT2D eigenvalue weighted by atomic mass is 16.6. The Morgan fingerprint density at radius 1 is 1.12 bits per heavy atom. The van der Waals surface area contributed by atoms with Gasteiger partial charge in [0.15, 0.2) is 0 Å². The Balaban J connectivity index is 2.33. The lowest BCUT2D eigenvalue weighted by atomic mass is 10.2. The molecule has 5 nitrogen and oxygen atoms in total. The fraction of sp³-hybridized carbons (Fsp3) is 0. The van der Waals surface area contributed by atoms with E-state index in [2.05, 4.69) is 5.32 Å². The summed E-state index contributed by atoms with van der Waals surface area (Å²) in [5.74, 6) is 0.105. The number of anilines is 2. The Morgan fingerprint density at radius 2 is 1.88 bits per heavy atom. The minimum Gasteiger partial charge on any atom is -0.508 e. The second-order valence-corrected chi connectivity index (χ2v) is 3.45. The first-order chi connectivity index (χ1) is 8.16. The van der Waals surface area contributed by atoms with E-state index in [9.17, 15) is 15.2 Å². The molecule has 0 aliphatic heterocycles. The SMILES string of the molecule is O=[N+]([O-])c1ccccc1Nc1cccc(O)c1. The third-order valence-corrected chi connectivity index (χ3v) is 2.23. The van der Waals surface area contributed by atoms with Crippen LogP contribution in [0.5, 0.6) is 5.75 Å². The summed E-state index contributed by atoms with van der Waals surface area (Å²) in [4.78, 5) is 10.3. The Bertz CT molecular complexity index is 555. The zero-order chi connectivity index (χ0) is 12.3. The largest absolute Gasteiger partial charge is 0.508 e. The quantitative estimate of drug-likeness (QED) is 0.627. The van der Waals surface area contributed by atoms with Gasteiger partial charge in [0.1, 0.15) is 11.4 Å². The fourth-order valence-electron chi connectivity index (χ4n) is 1.48. The summed E-state index contributed by atoms with van der Waals surface area (Å²) in [5.41, 5.74) is 0.984. The molecule has 0 fully saturated rings. The van der Waals surface area contributed by atoms with Crippen LogP contribution in [0.1, 0.15) is 0 Å². The molecule has 0 saturated carbocycles. The van der Waals surface area contributed by atoms with Crippen LogP contribution < -0.4 is 5.32 Å². The van der Waals surface area contributed by atoms with Crippen LogP contribution in [0.25, 0.3) is 0 Å². The van der Waals surface area contributed by atoms with Gasteiger partial charge in [-0.15, -0.1) is 0 Å². The molecule has 0 atom stereocenters. The molecule has 0 aromatic heterocycles. The molecule has 2 N–H and O–H groups in total. The van der Waals surface area contributed by atoms with Crippen molar-refractivity contribution in [3.05, 3.63) is 58.6 Å². The van der Waals surface area contributed by atoms with Crippen LogP contribution in [0.2, 0.25) is 0 Å².